The number of hydrogen-bond donors (Lipinski definition) is 1. The minimum Gasteiger partial charge on any atom is -0.488 e. The fraction of sp³-hybridized carbons (Fsp3) is 0.500. The lowest BCUT2D eigenvalue weighted by Gasteiger charge is -2.37. The smallest absolute Gasteiger partial charge is 0.309 e. The average molecular weight is 578 g/mol. The van der Waals surface area contributed by atoms with E-state index in [4.69, 9.17) is 19.2 Å². The third kappa shape index (κ3) is 5.86. The number of ether oxygens (including phenoxy) is 3. The van der Waals surface area contributed by atoms with Gasteiger partial charge in [0.2, 0.25) is 0 Å². The van der Waals surface area contributed by atoms with Gasteiger partial charge in [-0.2, -0.15) is 0 Å². The van der Waals surface area contributed by atoms with E-state index in [1.54, 1.807) is 18.4 Å². The number of hydrogen-bond acceptors (Lipinski definition) is 8. The second-order valence-corrected chi connectivity index (χ2v) is 12.4. The zero-order valence-electron chi connectivity index (χ0n) is 24.0. The van der Waals surface area contributed by atoms with E-state index in [0.717, 1.165) is 60.4 Å². The number of benzene rings is 2. The molecular weight excluding hydrogens is 538 g/mol. The van der Waals surface area contributed by atoms with Gasteiger partial charge in [0.15, 0.2) is 5.13 Å². The fourth-order valence-corrected chi connectivity index (χ4v) is 7.20. The molecule has 0 bridgehead atoms. The van der Waals surface area contributed by atoms with Crippen LogP contribution in [0.4, 0.5) is 5.13 Å². The van der Waals surface area contributed by atoms with Gasteiger partial charge in [-0.25, -0.2) is 4.98 Å². The predicted molar refractivity (Wildman–Crippen MR) is 160 cm³/mol. The van der Waals surface area contributed by atoms with Crippen LogP contribution in [-0.4, -0.2) is 79.6 Å². The summed E-state index contributed by atoms with van der Waals surface area (Å²) in [7, 11) is 1.58. The second-order valence-electron chi connectivity index (χ2n) is 11.6. The SMILES string of the molecule is CO[C@H]1CN(c2nc(-c3cccc(C)c3OCc3ccc4c(c3)[C@@H](C)CN(C3COC3)CC4)cs2)CC[C@H]1C(=O)O. The van der Waals surface area contributed by atoms with E-state index in [0.29, 0.717) is 38.1 Å². The number of aliphatic carboxylic acids is 1. The van der Waals surface area contributed by atoms with Gasteiger partial charge in [-0.05, 0) is 54.0 Å². The monoisotopic (exact) mass is 577 g/mol. The number of carboxylic acid groups (broad SMARTS) is 1. The Morgan fingerprint density at radius 3 is 2.80 bits per heavy atom. The lowest BCUT2D eigenvalue weighted by atomic mass is 9.93. The summed E-state index contributed by atoms with van der Waals surface area (Å²) < 4.78 is 17.5. The van der Waals surface area contributed by atoms with E-state index in [9.17, 15) is 9.90 Å². The summed E-state index contributed by atoms with van der Waals surface area (Å²) in [6.45, 7) is 9.93. The Hall–Kier alpha value is -2.98. The van der Waals surface area contributed by atoms with Gasteiger partial charge in [-0.3, -0.25) is 9.69 Å². The Balaban J connectivity index is 1.17. The molecule has 218 valence electrons. The summed E-state index contributed by atoms with van der Waals surface area (Å²) >= 11 is 1.57. The van der Waals surface area contributed by atoms with Gasteiger partial charge in [0, 0.05) is 44.2 Å². The topological polar surface area (TPSA) is 84.4 Å². The van der Waals surface area contributed by atoms with Crippen molar-refractivity contribution < 1.29 is 24.1 Å². The first-order chi connectivity index (χ1) is 19.9. The minimum absolute atomic E-state index is 0.356. The van der Waals surface area contributed by atoms with Crippen LogP contribution in [0, 0.1) is 12.8 Å². The summed E-state index contributed by atoms with van der Waals surface area (Å²) in [5.41, 5.74) is 6.96. The van der Waals surface area contributed by atoms with Crippen molar-refractivity contribution in [2.24, 2.45) is 5.92 Å². The number of nitrogens with zero attached hydrogens (tertiary/aromatic N) is 3. The number of thiazole rings is 1. The molecule has 0 spiro atoms. The van der Waals surface area contributed by atoms with Crippen molar-refractivity contribution >= 4 is 22.4 Å². The number of piperidine rings is 1. The summed E-state index contributed by atoms with van der Waals surface area (Å²) in [6, 6.07) is 13.6. The molecule has 3 aromatic rings. The van der Waals surface area contributed by atoms with Crippen LogP contribution in [0.5, 0.6) is 5.75 Å². The molecule has 2 aromatic carbocycles. The summed E-state index contributed by atoms with van der Waals surface area (Å²) in [4.78, 5) is 21.3. The van der Waals surface area contributed by atoms with Crippen molar-refractivity contribution in [2.75, 3.05) is 51.4 Å². The van der Waals surface area contributed by atoms with Gasteiger partial charge in [0.05, 0.1) is 37.0 Å². The third-order valence-electron chi connectivity index (χ3n) is 8.87. The van der Waals surface area contributed by atoms with Crippen LogP contribution in [0.25, 0.3) is 11.3 Å². The number of carboxylic acids is 1. The molecule has 0 unspecified atom stereocenters. The molecule has 2 fully saturated rings. The zero-order valence-corrected chi connectivity index (χ0v) is 24.9. The van der Waals surface area contributed by atoms with Crippen LogP contribution in [-0.2, 0) is 27.3 Å². The number of rotatable bonds is 8. The number of fused-ring (bicyclic) bond motifs is 1. The molecule has 3 atom stereocenters. The predicted octanol–water partition coefficient (Wildman–Crippen LogP) is 4.98. The normalized spacial score (nSPS) is 23.5. The maximum absolute atomic E-state index is 11.6. The maximum atomic E-state index is 11.6. The first-order valence-corrected chi connectivity index (χ1v) is 15.4. The highest BCUT2D eigenvalue weighted by Gasteiger charge is 2.35. The van der Waals surface area contributed by atoms with Crippen molar-refractivity contribution in [3.63, 3.8) is 0 Å². The molecule has 3 aliphatic rings. The molecule has 1 N–H and O–H groups in total. The molecule has 1 aromatic heterocycles. The molecule has 4 heterocycles. The second kappa shape index (κ2) is 12.1. The third-order valence-corrected chi connectivity index (χ3v) is 9.77. The van der Waals surface area contributed by atoms with E-state index < -0.39 is 11.9 Å². The number of aryl methyl sites for hydroxylation is 1. The molecule has 9 heteroatoms. The van der Waals surface area contributed by atoms with Crippen LogP contribution >= 0.6 is 11.3 Å². The standard InChI is InChI=1S/C32H39N3O5S/c1-20-5-4-6-25(28-19-41-32(33-28)35-12-10-26(31(36)37)29(15-35)38-3)30(20)40-16-22-7-8-23-9-11-34(24-17-39-18-24)14-21(2)27(23)13-22/h4-8,13,19,21,24,26,29H,9-12,14-18H2,1-3H3,(H,36,37)/t21-,26+,29-/m0/s1. The number of aromatic nitrogens is 1. The maximum Gasteiger partial charge on any atom is 0.309 e. The number of anilines is 1. The number of para-hydroxylation sites is 1. The fourth-order valence-electron chi connectivity index (χ4n) is 6.34. The van der Waals surface area contributed by atoms with E-state index in [1.165, 1.54) is 16.7 Å². The quantitative estimate of drug-likeness (QED) is 0.401. The van der Waals surface area contributed by atoms with Crippen molar-refractivity contribution in [3.8, 4) is 17.0 Å². The first kappa shape index (κ1) is 28.2. The Bertz CT molecular complexity index is 1390. The van der Waals surface area contributed by atoms with Crippen LogP contribution in [0.2, 0.25) is 0 Å². The highest BCUT2D eigenvalue weighted by molar-refractivity contribution is 7.14. The largest absolute Gasteiger partial charge is 0.488 e. The Labute approximate surface area is 245 Å². The Morgan fingerprint density at radius 1 is 1.20 bits per heavy atom. The molecule has 6 rings (SSSR count). The molecule has 8 nitrogen and oxygen atoms in total. The van der Waals surface area contributed by atoms with Gasteiger partial charge < -0.3 is 24.2 Å². The van der Waals surface area contributed by atoms with Crippen LogP contribution < -0.4 is 9.64 Å². The van der Waals surface area contributed by atoms with Crippen molar-refractivity contribution in [2.45, 2.75) is 51.4 Å². The highest BCUT2D eigenvalue weighted by atomic mass is 32.1. The van der Waals surface area contributed by atoms with Gasteiger partial charge in [0.25, 0.3) is 0 Å². The molecule has 41 heavy (non-hydrogen) atoms. The van der Waals surface area contributed by atoms with Crippen LogP contribution in [0.1, 0.15) is 41.5 Å². The summed E-state index contributed by atoms with van der Waals surface area (Å²) in [5, 5.41) is 12.5. The Kier molecular flexibility index (Phi) is 8.30. The van der Waals surface area contributed by atoms with E-state index >= 15 is 0 Å². The van der Waals surface area contributed by atoms with Crippen LogP contribution in [0.15, 0.2) is 41.8 Å². The van der Waals surface area contributed by atoms with Crippen LogP contribution in [0.3, 0.4) is 0 Å². The van der Waals surface area contributed by atoms with Gasteiger partial charge in [0.1, 0.15) is 12.4 Å². The molecule has 0 amide bonds. The van der Waals surface area contributed by atoms with Gasteiger partial charge in [-0.15, -0.1) is 11.3 Å². The van der Waals surface area contributed by atoms with E-state index in [-0.39, 0.29) is 6.10 Å². The molecule has 0 radical (unpaired) electrons. The lowest BCUT2D eigenvalue weighted by Crippen LogP contribution is -2.50. The molecular formula is C32H39N3O5S. The van der Waals surface area contributed by atoms with E-state index in [1.807, 2.05) is 6.07 Å². The minimum atomic E-state index is -0.799. The Morgan fingerprint density at radius 2 is 2.05 bits per heavy atom. The average Bonchev–Trinajstić information content (AvgIpc) is 3.38. The summed E-state index contributed by atoms with van der Waals surface area (Å²) in [6.07, 6.45) is 1.25. The number of carbonyl (C=O) groups is 1. The first-order valence-electron chi connectivity index (χ1n) is 14.5. The molecule has 2 saturated heterocycles. The zero-order chi connectivity index (χ0) is 28.5. The highest BCUT2D eigenvalue weighted by Crippen LogP contribution is 2.37. The summed E-state index contributed by atoms with van der Waals surface area (Å²) in [5.74, 6) is 0.0314. The van der Waals surface area contributed by atoms with E-state index in [2.05, 4.69) is 59.4 Å². The van der Waals surface area contributed by atoms with Crippen molar-refractivity contribution in [1.29, 1.82) is 0 Å². The van der Waals surface area contributed by atoms with Crippen molar-refractivity contribution in [1.82, 2.24) is 9.88 Å². The van der Waals surface area contributed by atoms with Gasteiger partial charge >= 0.3 is 5.97 Å². The van der Waals surface area contributed by atoms with Gasteiger partial charge in [-0.1, -0.05) is 37.3 Å². The molecule has 0 aliphatic carbocycles. The number of methoxy groups -OCH3 is 1. The molecule has 0 saturated carbocycles. The molecule has 3 aliphatic heterocycles. The lowest BCUT2D eigenvalue weighted by molar-refractivity contribution is -0.147. The van der Waals surface area contributed by atoms with Crippen molar-refractivity contribution in [3.05, 3.63) is 64.0 Å².